The molecule has 0 aromatic heterocycles. The van der Waals surface area contributed by atoms with Gasteiger partial charge in [0.25, 0.3) is 0 Å². The zero-order valence-corrected chi connectivity index (χ0v) is 8.53. The van der Waals surface area contributed by atoms with Gasteiger partial charge in [0.1, 0.15) is 0 Å². The van der Waals surface area contributed by atoms with Crippen LogP contribution in [0.25, 0.3) is 0 Å². The average Bonchev–Trinajstić information content (AvgIpc) is 1.65. The van der Waals surface area contributed by atoms with Crippen LogP contribution in [0.2, 0.25) is 0 Å². The van der Waals surface area contributed by atoms with Gasteiger partial charge in [-0.05, 0) is 0 Å². The summed E-state index contributed by atoms with van der Waals surface area (Å²) < 4.78 is 0. The van der Waals surface area contributed by atoms with E-state index >= 15 is 0 Å². The predicted molar refractivity (Wildman–Crippen MR) is 35.5 cm³/mol. The van der Waals surface area contributed by atoms with Gasteiger partial charge in [-0.2, -0.15) is 0 Å². The van der Waals surface area contributed by atoms with E-state index in [4.69, 9.17) is 33.0 Å². The van der Waals surface area contributed by atoms with Crippen LogP contribution in [0.4, 0.5) is 0 Å². The molecule has 0 aromatic rings. The summed E-state index contributed by atoms with van der Waals surface area (Å²) in [5, 5.41) is 7.72. The standard InChI is InChI=1S/C3H6O2.3ClH.Ti/c1-2-3(4)5;;;;/h2H2,1H3,(H,4,5);3*1H;/q;;;;+3/p-3. The second kappa shape index (κ2) is 9.05. The fraction of sp³-hybridized carbons (Fsp3) is 0.667. The van der Waals surface area contributed by atoms with Crippen molar-refractivity contribution in [2.45, 2.75) is 13.3 Å². The Labute approximate surface area is 71.6 Å². The number of carboxylic acid groups (broad SMARTS) is 1. The molecular formula is C3H6Cl3O2Ti. The predicted octanol–water partition coefficient (Wildman–Crippen LogP) is 2.55. The molecule has 2 nitrogen and oxygen atoms in total. The van der Waals surface area contributed by atoms with Crippen LogP contribution in [-0.4, -0.2) is 11.1 Å². The SMILES string of the molecule is CCC(=O)O.[Cl][Ti]([Cl])[Cl]. The Morgan fingerprint density at radius 2 is 1.67 bits per heavy atom. The topological polar surface area (TPSA) is 37.3 Å². The number of hydrogen-bond acceptors (Lipinski definition) is 1. The number of carboxylic acids is 1. The van der Waals surface area contributed by atoms with Gasteiger partial charge in [0.15, 0.2) is 0 Å². The maximum atomic E-state index is 9.37. The van der Waals surface area contributed by atoms with Gasteiger partial charge >= 0.3 is 48.6 Å². The van der Waals surface area contributed by atoms with Gasteiger partial charge in [-0.15, -0.1) is 0 Å². The first-order valence-corrected chi connectivity index (χ1v) is 8.50. The van der Waals surface area contributed by atoms with Crippen LogP contribution in [0.15, 0.2) is 0 Å². The summed E-state index contributed by atoms with van der Waals surface area (Å²) in [4.78, 5) is 9.37. The Kier molecular flexibility index (Phi) is 12.8. The third kappa shape index (κ3) is 48.3. The monoisotopic (exact) mass is 227 g/mol. The molecule has 0 aromatic carbocycles. The Bertz CT molecular complexity index is 74.7. The molecule has 0 saturated heterocycles. The van der Waals surface area contributed by atoms with Crippen LogP contribution in [0.3, 0.4) is 0 Å². The van der Waals surface area contributed by atoms with Gasteiger partial charge in [0.05, 0.1) is 0 Å². The van der Waals surface area contributed by atoms with E-state index in [9.17, 15) is 4.79 Å². The van der Waals surface area contributed by atoms with Crippen LogP contribution in [0, 0.1) is 0 Å². The van der Waals surface area contributed by atoms with Crippen molar-refractivity contribution in [1.82, 2.24) is 0 Å². The van der Waals surface area contributed by atoms with E-state index < -0.39 is 20.7 Å². The van der Waals surface area contributed by atoms with Crippen molar-refractivity contribution in [1.29, 1.82) is 0 Å². The molecule has 55 valence electrons. The number of halogens is 3. The molecular weight excluding hydrogens is 222 g/mol. The third-order valence-corrected chi connectivity index (χ3v) is 0.302. The molecule has 0 rings (SSSR count). The summed E-state index contributed by atoms with van der Waals surface area (Å²) in [7, 11) is 14.9. The van der Waals surface area contributed by atoms with Crippen molar-refractivity contribution >= 4 is 33.9 Å². The Morgan fingerprint density at radius 3 is 1.67 bits per heavy atom. The van der Waals surface area contributed by atoms with E-state index in [1.165, 1.54) is 0 Å². The molecule has 0 bridgehead atoms. The summed E-state index contributed by atoms with van der Waals surface area (Å²) in [6.45, 7) is 1.60. The number of hydrogen-bond donors (Lipinski definition) is 1. The second-order valence-electron chi connectivity index (χ2n) is 0.962. The van der Waals surface area contributed by atoms with Crippen LogP contribution >= 0.6 is 27.9 Å². The molecule has 0 saturated carbocycles. The molecule has 0 heterocycles. The summed E-state index contributed by atoms with van der Waals surface area (Å²) in [5.41, 5.74) is 0. The molecule has 9 heavy (non-hydrogen) atoms. The summed E-state index contributed by atoms with van der Waals surface area (Å²) in [6, 6.07) is 0. The number of carbonyl (C=O) groups is 1. The molecule has 0 aliphatic heterocycles. The van der Waals surface area contributed by atoms with Crippen molar-refractivity contribution < 1.29 is 24.6 Å². The minimum atomic E-state index is -1.92. The Morgan fingerprint density at radius 1 is 1.56 bits per heavy atom. The first-order valence-electron chi connectivity index (χ1n) is 2.06. The van der Waals surface area contributed by atoms with Crippen LogP contribution in [0.1, 0.15) is 13.3 Å². The molecule has 0 unspecified atom stereocenters. The summed E-state index contributed by atoms with van der Waals surface area (Å²) in [6.07, 6.45) is 0.222. The van der Waals surface area contributed by atoms with Gasteiger partial charge in [-0.25, -0.2) is 0 Å². The maximum absolute atomic E-state index is 9.37. The van der Waals surface area contributed by atoms with Gasteiger partial charge < -0.3 is 5.11 Å². The van der Waals surface area contributed by atoms with Crippen molar-refractivity contribution in [2.24, 2.45) is 0 Å². The molecule has 0 fully saturated rings. The molecule has 0 aliphatic carbocycles. The average molecular weight is 228 g/mol. The Hall–Kier alpha value is 1.05. The van der Waals surface area contributed by atoms with E-state index in [1.807, 2.05) is 0 Å². The normalized spacial score (nSPS) is 7.11. The fourth-order valence-electron chi connectivity index (χ4n) is 0. The van der Waals surface area contributed by atoms with E-state index in [2.05, 4.69) is 0 Å². The van der Waals surface area contributed by atoms with E-state index in [1.54, 1.807) is 6.92 Å². The van der Waals surface area contributed by atoms with Crippen molar-refractivity contribution in [2.75, 3.05) is 0 Å². The third-order valence-electron chi connectivity index (χ3n) is 0.302. The first kappa shape index (κ1) is 12.7. The van der Waals surface area contributed by atoms with Crippen molar-refractivity contribution in [3.63, 3.8) is 0 Å². The molecule has 0 spiro atoms. The van der Waals surface area contributed by atoms with Crippen LogP contribution in [0.5, 0.6) is 0 Å². The second-order valence-corrected chi connectivity index (χ2v) is 8.70. The van der Waals surface area contributed by atoms with Crippen LogP contribution in [-0.2, 0) is 19.5 Å². The van der Waals surface area contributed by atoms with Crippen LogP contribution < -0.4 is 0 Å². The summed E-state index contributed by atoms with van der Waals surface area (Å²) in [5.74, 6) is -0.745. The van der Waals surface area contributed by atoms with Gasteiger partial charge in [0, 0.05) is 6.42 Å². The summed E-state index contributed by atoms with van der Waals surface area (Å²) >= 11 is -1.92. The Balaban J connectivity index is 0. The van der Waals surface area contributed by atoms with Gasteiger partial charge in [-0.1, -0.05) is 6.92 Å². The van der Waals surface area contributed by atoms with Gasteiger partial charge in [0.2, 0.25) is 0 Å². The minimum absolute atomic E-state index is 0.222. The van der Waals surface area contributed by atoms with Crippen molar-refractivity contribution in [3.05, 3.63) is 0 Å². The first-order chi connectivity index (χ1) is 4.00. The molecule has 0 atom stereocenters. The molecule has 6 heteroatoms. The number of aliphatic carboxylic acids is 1. The molecule has 0 aliphatic rings. The number of rotatable bonds is 1. The molecule has 0 amide bonds. The fourth-order valence-corrected chi connectivity index (χ4v) is 0. The van der Waals surface area contributed by atoms with Crippen molar-refractivity contribution in [3.8, 4) is 0 Å². The molecule has 1 N–H and O–H groups in total. The van der Waals surface area contributed by atoms with E-state index in [-0.39, 0.29) is 6.42 Å². The molecule has 0 radical (unpaired) electrons. The van der Waals surface area contributed by atoms with E-state index in [0.29, 0.717) is 0 Å². The zero-order chi connectivity index (χ0) is 7.86. The quantitative estimate of drug-likeness (QED) is 0.700. The van der Waals surface area contributed by atoms with E-state index in [0.717, 1.165) is 0 Å². The zero-order valence-electron chi connectivity index (χ0n) is 4.70. The van der Waals surface area contributed by atoms with Gasteiger partial charge in [-0.3, -0.25) is 4.79 Å².